The molecule has 1 aliphatic rings. The summed E-state index contributed by atoms with van der Waals surface area (Å²) in [5.41, 5.74) is 0. The molecule has 1 heterocycles. The molecule has 0 N–H and O–H groups in total. The standard InChI is InChI=1S/C8H9NO/c1-2-4-6-9-8-10-7-5-3-1/h1-7H,8H2/b3-1-,4-2-,7-5-,9-6-. The van der Waals surface area contributed by atoms with E-state index >= 15 is 0 Å². The lowest BCUT2D eigenvalue weighted by atomic mass is 10.4. The van der Waals surface area contributed by atoms with Gasteiger partial charge in [0.2, 0.25) is 0 Å². The molecule has 0 aromatic heterocycles. The van der Waals surface area contributed by atoms with Crippen LogP contribution in [0.3, 0.4) is 0 Å². The number of aliphatic imine (C=N–C) groups is 1. The zero-order chi connectivity index (χ0) is 7.07. The summed E-state index contributed by atoms with van der Waals surface area (Å²) in [6.07, 6.45) is 12.7. The minimum Gasteiger partial charge on any atom is -0.479 e. The summed E-state index contributed by atoms with van der Waals surface area (Å²) < 4.78 is 4.95. The van der Waals surface area contributed by atoms with Gasteiger partial charge >= 0.3 is 0 Å². The molecule has 2 nitrogen and oxygen atoms in total. The predicted molar refractivity (Wildman–Crippen MR) is 41.9 cm³/mol. The average Bonchev–Trinajstić information content (AvgIpc) is 2.01. The van der Waals surface area contributed by atoms with Crippen LogP contribution in [0.2, 0.25) is 0 Å². The smallest absolute Gasteiger partial charge is 0.178 e. The van der Waals surface area contributed by atoms with Crippen LogP contribution in [0.15, 0.2) is 41.6 Å². The maximum Gasteiger partial charge on any atom is 0.178 e. The van der Waals surface area contributed by atoms with Gasteiger partial charge in [0.15, 0.2) is 6.73 Å². The number of ether oxygens (including phenoxy) is 1. The fourth-order valence-electron chi connectivity index (χ4n) is 0.533. The summed E-state index contributed by atoms with van der Waals surface area (Å²) in [4.78, 5) is 3.91. The van der Waals surface area contributed by atoms with E-state index in [2.05, 4.69) is 4.99 Å². The monoisotopic (exact) mass is 135 g/mol. The third-order valence-corrected chi connectivity index (χ3v) is 0.960. The number of hydrogen-bond acceptors (Lipinski definition) is 2. The van der Waals surface area contributed by atoms with Crippen molar-refractivity contribution in [3.63, 3.8) is 0 Å². The average molecular weight is 135 g/mol. The molecule has 2 heteroatoms. The molecule has 0 saturated heterocycles. The topological polar surface area (TPSA) is 21.6 Å². The molecule has 0 amide bonds. The molecule has 0 unspecified atom stereocenters. The minimum absolute atomic E-state index is 0.397. The Morgan fingerprint density at radius 3 is 2.80 bits per heavy atom. The maximum absolute atomic E-state index is 4.95. The molecule has 1 rings (SSSR count). The third-order valence-electron chi connectivity index (χ3n) is 0.960. The van der Waals surface area contributed by atoms with E-state index < -0.39 is 0 Å². The molecule has 0 aromatic rings. The molecule has 0 aromatic carbocycles. The molecule has 0 radical (unpaired) electrons. The number of hydrogen-bond donors (Lipinski definition) is 0. The van der Waals surface area contributed by atoms with Crippen LogP contribution in [0.5, 0.6) is 0 Å². The zero-order valence-corrected chi connectivity index (χ0v) is 5.60. The Bertz CT molecular complexity index is 167. The molecule has 0 saturated carbocycles. The molecule has 0 fully saturated rings. The van der Waals surface area contributed by atoms with Crippen molar-refractivity contribution < 1.29 is 4.74 Å². The highest BCUT2D eigenvalue weighted by Gasteiger charge is 1.73. The van der Waals surface area contributed by atoms with E-state index in [0.29, 0.717) is 6.73 Å². The van der Waals surface area contributed by atoms with Gasteiger partial charge < -0.3 is 4.74 Å². The molecule has 0 aliphatic carbocycles. The number of rotatable bonds is 0. The second-order valence-electron chi connectivity index (χ2n) is 1.73. The van der Waals surface area contributed by atoms with E-state index in [4.69, 9.17) is 4.74 Å². The molecule has 0 spiro atoms. The Kier molecular flexibility index (Phi) is 3.10. The van der Waals surface area contributed by atoms with Crippen molar-refractivity contribution >= 4 is 6.21 Å². The first kappa shape index (κ1) is 6.81. The number of allylic oxidation sites excluding steroid dienone is 5. The van der Waals surface area contributed by atoms with Crippen molar-refractivity contribution in [2.75, 3.05) is 6.73 Å². The molecule has 10 heavy (non-hydrogen) atoms. The predicted octanol–water partition coefficient (Wildman–Crippen LogP) is 1.67. The summed E-state index contributed by atoms with van der Waals surface area (Å²) in [6, 6.07) is 0. The highest BCUT2D eigenvalue weighted by molar-refractivity contribution is 5.71. The van der Waals surface area contributed by atoms with Crippen LogP contribution in [0, 0.1) is 0 Å². The van der Waals surface area contributed by atoms with Gasteiger partial charge in [-0.2, -0.15) is 0 Å². The Hall–Kier alpha value is -1.31. The van der Waals surface area contributed by atoms with E-state index in [1.54, 1.807) is 12.5 Å². The lowest BCUT2D eigenvalue weighted by Gasteiger charge is -1.91. The molecule has 0 bridgehead atoms. The van der Waals surface area contributed by atoms with Crippen molar-refractivity contribution in [1.29, 1.82) is 0 Å². The second kappa shape index (κ2) is 4.56. The van der Waals surface area contributed by atoms with Crippen molar-refractivity contribution in [3.05, 3.63) is 36.6 Å². The Labute approximate surface area is 60.2 Å². The van der Waals surface area contributed by atoms with Crippen LogP contribution < -0.4 is 0 Å². The quantitative estimate of drug-likeness (QED) is 0.495. The Morgan fingerprint density at radius 1 is 1.00 bits per heavy atom. The SMILES string of the molecule is C1=C\C=C/OC/N=C\C=C/1. The van der Waals surface area contributed by atoms with Crippen LogP contribution in [0.1, 0.15) is 0 Å². The van der Waals surface area contributed by atoms with Crippen molar-refractivity contribution in [2.45, 2.75) is 0 Å². The minimum atomic E-state index is 0.397. The van der Waals surface area contributed by atoms with Gasteiger partial charge in [0.25, 0.3) is 0 Å². The molecular weight excluding hydrogens is 126 g/mol. The first-order valence-electron chi connectivity index (χ1n) is 3.10. The van der Waals surface area contributed by atoms with E-state index in [1.807, 2.05) is 30.4 Å². The van der Waals surface area contributed by atoms with Gasteiger partial charge in [0.05, 0.1) is 6.26 Å². The summed E-state index contributed by atoms with van der Waals surface area (Å²) in [6.45, 7) is 0.397. The Morgan fingerprint density at radius 2 is 1.80 bits per heavy atom. The normalized spacial score (nSPS) is 29.6. The summed E-state index contributed by atoms with van der Waals surface area (Å²) in [5.74, 6) is 0. The third kappa shape index (κ3) is 2.87. The van der Waals surface area contributed by atoms with Crippen molar-refractivity contribution in [2.24, 2.45) is 4.99 Å². The van der Waals surface area contributed by atoms with Crippen LogP contribution >= 0.6 is 0 Å². The molecule has 0 atom stereocenters. The van der Waals surface area contributed by atoms with Crippen LogP contribution in [-0.4, -0.2) is 12.9 Å². The highest BCUT2D eigenvalue weighted by atomic mass is 16.5. The second-order valence-corrected chi connectivity index (χ2v) is 1.73. The van der Waals surface area contributed by atoms with Crippen molar-refractivity contribution in [3.8, 4) is 0 Å². The first-order chi connectivity index (χ1) is 5.00. The number of nitrogens with zero attached hydrogens (tertiary/aromatic N) is 1. The summed E-state index contributed by atoms with van der Waals surface area (Å²) >= 11 is 0. The first-order valence-corrected chi connectivity index (χ1v) is 3.10. The summed E-state index contributed by atoms with van der Waals surface area (Å²) in [5, 5.41) is 0. The highest BCUT2D eigenvalue weighted by Crippen LogP contribution is 1.84. The Balaban J connectivity index is 2.53. The van der Waals surface area contributed by atoms with E-state index in [-0.39, 0.29) is 0 Å². The zero-order valence-electron chi connectivity index (χ0n) is 5.60. The van der Waals surface area contributed by atoms with Gasteiger partial charge in [-0.25, -0.2) is 0 Å². The van der Waals surface area contributed by atoms with Gasteiger partial charge in [-0.15, -0.1) is 0 Å². The molecular formula is C8H9NO. The summed E-state index contributed by atoms with van der Waals surface area (Å²) in [7, 11) is 0. The molecule has 52 valence electrons. The fourth-order valence-corrected chi connectivity index (χ4v) is 0.533. The largest absolute Gasteiger partial charge is 0.479 e. The van der Waals surface area contributed by atoms with E-state index in [1.165, 1.54) is 0 Å². The van der Waals surface area contributed by atoms with Gasteiger partial charge in [-0.3, -0.25) is 4.99 Å². The fraction of sp³-hybridized carbons (Fsp3) is 0.125. The van der Waals surface area contributed by atoms with E-state index in [0.717, 1.165) is 0 Å². The van der Waals surface area contributed by atoms with Gasteiger partial charge in [-0.05, 0) is 12.2 Å². The van der Waals surface area contributed by atoms with Gasteiger partial charge in [0, 0.05) is 6.21 Å². The van der Waals surface area contributed by atoms with Crippen LogP contribution in [-0.2, 0) is 4.74 Å². The van der Waals surface area contributed by atoms with Gasteiger partial charge in [-0.1, -0.05) is 18.2 Å². The van der Waals surface area contributed by atoms with Crippen LogP contribution in [0.25, 0.3) is 0 Å². The lowest BCUT2D eigenvalue weighted by molar-refractivity contribution is 0.262. The lowest BCUT2D eigenvalue weighted by Crippen LogP contribution is -1.81. The van der Waals surface area contributed by atoms with Crippen LogP contribution in [0.4, 0.5) is 0 Å². The van der Waals surface area contributed by atoms with E-state index in [9.17, 15) is 0 Å². The molecule has 1 aliphatic heterocycles. The maximum atomic E-state index is 4.95. The van der Waals surface area contributed by atoms with Crippen molar-refractivity contribution in [1.82, 2.24) is 0 Å². The van der Waals surface area contributed by atoms with Gasteiger partial charge in [0.1, 0.15) is 0 Å².